The van der Waals surface area contributed by atoms with Crippen LogP contribution in [0.4, 0.5) is 0 Å². The number of carbonyl (C=O) groups is 2. The van der Waals surface area contributed by atoms with Crippen LogP contribution in [0, 0.1) is 0 Å². The molecule has 0 aromatic carbocycles. The van der Waals surface area contributed by atoms with Crippen molar-refractivity contribution >= 4 is 11.9 Å². The van der Waals surface area contributed by atoms with Crippen LogP contribution in [-0.4, -0.2) is 45.5 Å². The Labute approximate surface area is 127 Å². The lowest BCUT2D eigenvalue weighted by molar-refractivity contribution is -0.139. The number of aliphatic carboxylic acids is 1. The summed E-state index contributed by atoms with van der Waals surface area (Å²) in [5, 5.41) is 12.2. The van der Waals surface area contributed by atoms with Crippen LogP contribution in [0.3, 0.4) is 0 Å². The second kappa shape index (κ2) is 6.34. The van der Waals surface area contributed by atoms with Gasteiger partial charge in [0.1, 0.15) is 0 Å². The van der Waals surface area contributed by atoms with E-state index in [2.05, 4.69) is 24.1 Å². The van der Waals surface area contributed by atoms with Gasteiger partial charge in [0.05, 0.1) is 18.0 Å². The van der Waals surface area contributed by atoms with Gasteiger partial charge in [-0.25, -0.2) is 0 Å². The Kier molecular flexibility index (Phi) is 4.91. The van der Waals surface area contributed by atoms with Gasteiger partial charge in [-0.3, -0.25) is 14.5 Å². The van der Waals surface area contributed by atoms with Gasteiger partial charge >= 0.3 is 5.97 Å². The predicted molar refractivity (Wildman–Crippen MR) is 81.1 cm³/mol. The lowest BCUT2D eigenvalue weighted by Crippen LogP contribution is -2.56. The average Bonchev–Trinajstić information content (AvgIpc) is 2.96. The molecule has 0 spiro atoms. The van der Waals surface area contributed by atoms with Crippen LogP contribution >= 0.6 is 0 Å². The molecule has 0 aromatic heterocycles. The highest BCUT2D eigenvalue weighted by Gasteiger charge is 2.41. The van der Waals surface area contributed by atoms with Gasteiger partial charge in [-0.15, -0.1) is 0 Å². The molecule has 5 nitrogen and oxygen atoms in total. The SMILES string of the molecule is CC1CCC(C)N1C(C)C(=O)NC1(CC(=O)O)CCCC1. The van der Waals surface area contributed by atoms with Crippen molar-refractivity contribution in [3.63, 3.8) is 0 Å². The minimum Gasteiger partial charge on any atom is -0.481 e. The number of likely N-dealkylation sites (tertiary alicyclic amines) is 1. The van der Waals surface area contributed by atoms with Gasteiger partial charge in [0.2, 0.25) is 5.91 Å². The molecule has 3 unspecified atom stereocenters. The molecular weight excluding hydrogens is 268 g/mol. The minimum atomic E-state index is -0.826. The molecule has 1 aliphatic carbocycles. The molecule has 1 saturated heterocycles. The van der Waals surface area contributed by atoms with Crippen molar-refractivity contribution < 1.29 is 14.7 Å². The van der Waals surface area contributed by atoms with Crippen LogP contribution in [0.2, 0.25) is 0 Å². The molecule has 120 valence electrons. The fourth-order valence-corrected chi connectivity index (χ4v) is 4.17. The van der Waals surface area contributed by atoms with E-state index in [9.17, 15) is 9.59 Å². The van der Waals surface area contributed by atoms with E-state index in [0.717, 1.165) is 38.5 Å². The molecule has 0 aromatic rings. The van der Waals surface area contributed by atoms with Crippen molar-refractivity contribution in [3.05, 3.63) is 0 Å². The van der Waals surface area contributed by atoms with E-state index in [1.165, 1.54) is 0 Å². The van der Waals surface area contributed by atoms with Gasteiger partial charge in [-0.05, 0) is 46.5 Å². The summed E-state index contributed by atoms with van der Waals surface area (Å²) in [6.45, 7) is 6.27. The molecule has 1 amide bonds. The second-order valence-electron chi connectivity index (χ2n) is 6.95. The van der Waals surface area contributed by atoms with Gasteiger partial charge in [0.25, 0.3) is 0 Å². The largest absolute Gasteiger partial charge is 0.481 e. The molecule has 3 atom stereocenters. The van der Waals surface area contributed by atoms with Crippen LogP contribution in [-0.2, 0) is 9.59 Å². The van der Waals surface area contributed by atoms with E-state index in [1.807, 2.05) is 6.92 Å². The molecule has 1 aliphatic heterocycles. The molecule has 21 heavy (non-hydrogen) atoms. The maximum atomic E-state index is 12.6. The fourth-order valence-electron chi connectivity index (χ4n) is 4.17. The topological polar surface area (TPSA) is 69.6 Å². The number of nitrogens with one attached hydrogen (secondary N) is 1. The number of hydrogen-bond donors (Lipinski definition) is 2. The highest BCUT2D eigenvalue weighted by molar-refractivity contribution is 5.83. The first-order valence-corrected chi connectivity index (χ1v) is 8.16. The van der Waals surface area contributed by atoms with Crippen molar-refractivity contribution in [2.24, 2.45) is 0 Å². The summed E-state index contributed by atoms with van der Waals surface area (Å²) in [5.41, 5.74) is -0.524. The number of nitrogens with zero attached hydrogens (tertiary/aromatic N) is 1. The lowest BCUT2D eigenvalue weighted by atomic mass is 9.92. The van der Waals surface area contributed by atoms with Crippen LogP contribution in [0.5, 0.6) is 0 Å². The summed E-state index contributed by atoms with van der Waals surface area (Å²) in [7, 11) is 0. The first-order chi connectivity index (χ1) is 9.84. The Balaban J connectivity index is 2.03. The zero-order valence-electron chi connectivity index (χ0n) is 13.4. The number of hydrogen-bond acceptors (Lipinski definition) is 3. The average molecular weight is 296 g/mol. The third-order valence-corrected chi connectivity index (χ3v) is 5.29. The minimum absolute atomic E-state index is 0.0150. The summed E-state index contributed by atoms with van der Waals surface area (Å²) in [5.74, 6) is -0.841. The maximum absolute atomic E-state index is 12.6. The molecule has 1 saturated carbocycles. The number of rotatable bonds is 5. The van der Waals surface area contributed by atoms with Crippen LogP contribution < -0.4 is 5.32 Å². The normalized spacial score (nSPS) is 30.2. The van der Waals surface area contributed by atoms with E-state index in [4.69, 9.17) is 5.11 Å². The number of carboxylic acids is 1. The summed E-state index contributed by atoms with van der Waals surface area (Å²) in [4.78, 5) is 26.0. The Morgan fingerprint density at radius 1 is 1.24 bits per heavy atom. The molecular formula is C16H28N2O3. The van der Waals surface area contributed by atoms with E-state index in [-0.39, 0.29) is 18.4 Å². The number of amides is 1. The standard InChI is InChI=1S/C16H28N2O3/c1-11-6-7-12(2)18(11)13(3)15(21)17-16(10-14(19)20)8-4-5-9-16/h11-13H,4-10H2,1-3H3,(H,17,21)(H,19,20). The molecule has 0 bridgehead atoms. The fraction of sp³-hybridized carbons (Fsp3) is 0.875. The Hall–Kier alpha value is -1.10. The van der Waals surface area contributed by atoms with Gasteiger partial charge in [-0.2, -0.15) is 0 Å². The highest BCUT2D eigenvalue weighted by atomic mass is 16.4. The predicted octanol–water partition coefficient (Wildman–Crippen LogP) is 2.15. The molecule has 2 rings (SSSR count). The summed E-state index contributed by atoms with van der Waals surface area (Å²) >= 11 is 0. The second-order valence-corrected chi connectivity index (χ2v) is 6.95. The van der Waals surface area contributed by atoms with E-state index < -0.39 is 11.5 Å². The van der Waals surface area contributed by atoms with Crippen LogP contribution in [0.25, 0.3) is 0 Å². The number of carbonyl (C=O) groups excluding carboxylic acids is 1. The van der Waals surface area contributed by atoms with Crippen molar-refractivity contribution in [2.45, 2.75) is 89.4 Å². The summed E-state index contributed by atoms with van der Waals surface area (Å²) in [6, 6.07) is 0.642. The molecule has 2 aliphatic rings. The number of carboxylic acid groups (broad SMARTS) is 1. The highest BCUT2D eigenvalue weighted by Crippen LogP contribution is 2.33. The monoisotopic (exact) mass is 296 g/mol. The zero-order valence-corrected chi connectivity index (χ0v) is 13.4. The molecule has 2 fully saturated rings. The smallest absolute Gasteiger partial charge is 0.305 e. The van der Waals surface area contributed by atoms with Gasteiger partial charge < -0.3 is 10.4 Å². The summed E-state index contributed by atoms with van der Waals surface area (Å²) in [6.07, 6.45) is 5.84. The first kappa shape index (κ1) is 16.3. The van der Waals surface area contributed by atoms with E-state index in [0.29, 0.717) is 12.1 Å². The Morgan fingerprint density at radius 2 is 1.76 bits per heavy atom. The molecule has 0 radical (unpaired) electrons. The van der Waals surface area contributed by atoms with Gasteiger partial charge in [0, 0.05) is 12.1 Å². The van der Waals surface area contributed by atoms with Crippen molar-refractivity contribution in [1.82, 2.24) is 10.2 Å². The third kappa shape index (κ3) is 3.57. The van der Waals surface area contributed by atoms with E-state index >= 15 is 0 Å². The zero-order chi connectivity index (χ0) is 15.6. The quantitative estimate of drug-likeness (QED) is 0.815. The van der Waals surface area contributed by atoms with Gasteiger partial charge in [0.15, 0.2) is 0 Å². The molecule has 1 heterocycles. The summed E-state index contributed by atoms with van der Waals surface area (Å²) < 4.78 is 0. The molecule has 2 N–H and O–H groups in total. The maximum Gasteiger partial charge on any atom is 0.305 e. The van der Waals surface area contributed by atoms with Crippen molar-refractivity contribution in [1.29, 1.82) is 0 Å². The van der Waals surface area contributed by atoms with Gasteiger partial charge in [-0.1, -0.05) is 12.8 Å². The Bertz CT molecular complexity index is 394. The lowest BCUT2D eigenvalue weighted by Gasteiger charge is -2.35. The third-order valence-electron chi connectivity index (χ3n) is 5.29. The van der Waals surface area contributed by atoms with Crippen molar-refractivity contribution in [2.75, 3.05) is 0 Å². The molecule has 5 heteroatoms. The van der Waals surface area contributed by atoms with Crippen LogP contribution in [0.15, 0.2) is 0 Å². The van der Waals surface area contributed by atoms with Crippen molar-refractivity contribution in [3.8, 4) is 0 Å². The van der Waals surface area contributed by atoms with E-state index in [1.54, 1.807) is 0 Å². The Morgan fingerprint density at radius 3 is 2.24 bits per heavy atom. The first-order valence-electron chi connectivity index (χ1n) is 8.16. The van der Waals surface area contributed by atoms with Crippen LogP contribution in [0.1, 0.15) is 65.7 Å².